The second kappa shape index (κ2) is 3.91. The number of aromatic nitrogens is 1. The van der Waals surface area contributed by atoms with Crippen molar-refractivity contribution in [3.05, 3.63) is 34.7 Å². The third kappa shape index (κ3) is 1.61. The molecule has 1 aliphatic heterocycles. The van der Waals surface area contributed by atoms with Crippen LogP contribution in [0.3, 0.4) is 0 Å². The van der Waals surface area contributed by atoms with Crippen LogP contribution in [0, 0.1) is 0 Å². The summed E-state index contributed by atoms with van der Waals surface area (Å²) in [6, 6.07) is 8.73. The molecule has 3 rings (SSSR count). The second-order valence-corrected chi connectivity index (χ2v) is 5.10. The molecular weight excluding hydrogens is 216 g/mol. The van der Waals surface area contributed by atoms with E-state index in [1.54, 1.807) is 0 Å². The Balaban J connectivity index is 1.95. The molecule has 0 saturated carbocycles. The maximum atomic E-state index is 4.62. The topological polar surface area (TPSA) is 24.9 Å². The van der Waals surface area contributed by atoms with E-state index in [0.29, 0.717) is 0 Å². The van der Waals surface area contributed by atoms with Crippen LogP contribution in [0.15, 0.2) is 24.3 Å². The number of fused-ring (bicyclic) bond motifs is 1. The Hall–Kier alpha value is -1.35. The number of nitrogens with zero attached hydrogens (tertiary/aromatic N) is 1. The van der Waals surface area contributed by atoms with Crippen molar-refractivity contribution >= 4 is 17.2 Å². The molecule has 0 amide bonds. The van der Waals surface area contributed by atoms with Gasteiger partial charge in [0, 0.05) is 18.5 Å². The Morgan fingerprint density at radius 1 is 1.31 bits per heavy atom. The van der Waals surface area contributed by atoms with Crippen molar-refractivity contribution < 1.29 is 0 Å². The first-order chi connectivity index (χ1) is 7.86. The van der Waals surface area contributed by atoms with Crippen LogP contribution >= 0.6 is 11.3 Å². The molecule has 3 heteroatoms. The number of rotatable bonds is 2. The number of hydrogen-bond acceptors (Lipinski definition) is 3. The Kier molecular flexibility index (Phi) is 2.40. The van der Waals surface area contributed by atoms with Crippen LogP contribution < -0.4 is 5.32 Å². The number of benzene rings is 1. The first-order valence-corrected chi connectivity index (χ1v) is 6.51. The van der Waals surface area contributed by atoms with Crippen molar-refractivity contribution in [1.29, 1.82) is 0 Å². The summed E-state index contributed by atoms with van der Waals surface area (Å²) >= 11 is 1.81. The summed E-state index contributed by atoms with van der Waals surface area (Å²) in [7, 11) is 0. The minimum absolute atomic E-state index is 1.04. The van der Waals surface area contributed by atoms with Crippen molar-refractivity contribution in [3.63, 3.8) is 0 Å². The number of hydrogen-bond donors (Lipinski definition) is 1. The number of nitrogens with one attached hydrogen (secondary N) is 1. The van der Waals surface area contributed by atoms with Crippen molar-refractivity contribution in [2.75, 3.05) is 11.9 Å². The zero-order chi connectivity index (χ0) is 11.0. The molecule has 0 fully saturated rings. The molecule has 1 N–H and O–H groups in total. The lowest BCUT2D eigenvalue weighted by molar-refractivity contribution is 1.12. The summed E-state index contributed by atoms with van der Waals surface area (Å²) in [4.78, 5) is 6.02. The van der Waals surface area contributed by atoms with Gasteiger partial charge in [-0.25, -0.2) is 4.98 Å². The molecule has 0 atom stereocenters. The van der Waals surface area contributed by atoms with Gasteiger partial charge in [-0.3, -0.25) is 0 Å². The highest BCUT2D eigenvalue weighted by atomic mass is 32.1. The van der Waals surface area contributed by atoms with Gasteiger partial charge in [0.15, 0.2) is 0 Å². The lowest BCUT2D eigenvalue weighted by atomic mass is 10.1. The van der Waals surface area contributed by atoms with Crippen LogP contribution in [0.25, 0.3) is 10.6 Å². The summed E-state index contributed by atoms with van der Waals surface area (Å²) in [6.07, 6.45) is 2.22. The molecule has 0 radical (unpaired) electrons. The van der Waals surface area contributed by atoms with Gasteiger partial charge >= 0.3 is 0 Å². The quantitative estimate of drug-likeness (QED) is 0.856. The molecule has 2 aromatic rings. The van der Waals surface area contributed by atoms with Gasteiger partial charge in [0.2, 0.25) is 0 Å². The fourth-order valence-electron chi connectivity index (χ4n) is 1.96. The van der Waals surface area contributed by atoms with E-state index in [1.807, 2.05) is 11.3 Å². The fraction of sp³-hybridized carbons (Fsp3) is 0.308. The van der Waals surface area contributed by atoms with Gasteiger partial charge in [-0.2, -0.15) is 0 Å². The van der Waals surface area contributed by atoms with Gasteiger partial charge in [-0.05, 0) is 12.0 Å². The fourth-order valence-corrected chi connectivity index (χ4v) is 3.00. The third-order valence-electron chi connectivity index (χ3n) is 2.95. The molecule has 0 spiro atoms. The van der Waals surface area contributed by atoms with E-state index in [4.69, 9.17) is 0 Å². The van der Waals surface area contributed by atoms with E-state index in [-0.39, 0.29) is 0 Å². The zero-order valence-electron chi connectivity index (χ0n) is 9.29. The summed E-state index contributed by atoms with van der Waals surface area (Å²) in [5, 5.41) is 4.45. The lowest BCUT2D eigenvalue weighted by Gasteiger charge is -1.99. The molecular formula is C13H14N2S. The maximum absolute atomic E-state index is 4.62. The smallest absolute Gasteiger partial charge is 0.141 e. The van der Waals surface area contributed by atoms with Gasteiger partial charge in [0.05, 0.1) is 4.88 Å². The monoisotopic (exact) mass is 230 g/mol. The molecule has 2 nitrogen and oxygen atoms in total. The highest BCUT2D eigenvalue weighted by Gasteiger charge is 2.16. The highest BCUT2D eigenvalue weighted by molar-refractivity contribution is 7.15. The number of thiazole rings is 1. The van der Waals surface area contributed by atoms with Crippen molar-refractivity contribution in [3.8, 4) is 10.6 Å². The molecule has 0 unspecified atom stereocenters. The third-order valence-corrected chi connectivity index (χ3v) is 4.12. The van der Waals surface area contributed by atoms with E-state index in [9.17, 15) is 0 Å². The van der Waals surface area contributed by atoms with Crippen LogP contribution in [0.2, 0.25) is 0 Å². The average Bonchev–Trinajstić information content (AvgIpc) is 2.89. The molecule has 0 aliphatic carbocycles. The van der Waals surface area contributed by atoms with Crippen LogP contribution in [0.1, 0.15) is 17.4 Å². The van der Waals surface area contributed by atoms with Gasteiger partial charge in [0.25, 0.3) is 0 Å². The Bertz CT molecular complexity index is 478. The molecule has 1 aromatic heterocycles. The average molecular weight is 230 g/mol. The molecule has 1 aromatic carbocycles. The molecule has 0 saturated heterocycles. The van der Waals surface area contributed by atoms with Crippen LogP contribution in [-0.2, 0) is 12.8 Å². The van der Waals surface area contributed by atoms with Crippen molar-refractivity contribution in [1.82, 2.24) is 4.98 Å². The van der Waals surface area contributed by atoms with Gasteiger partial charge in [0.1, 0.15) is 10.8 Å². The predicted octanol–water partition coefficient (Wildman–Crippen LogP) is 3.34. The Labute approximate surface area is 99.4 Å². The minimum atomic E-state index is 1.04. The zero-order valence-corrected chi connectivity index (χ0v) is 10.1. The number of aryl methyl sites for hydroxylation is 1. The van der Waals surface area contributed by atoms with Crippen LogP contribution in [-0.4, -0.2) is 11.5 Å². The first kappa shape index (κ1) is 9.85. The van der Waals surface area contributed by atoms with E-state index in [2.05, 4.69) is 41.5 Å². The summed E-state index contributed by atoms with van der Waals surface area (Å²) in [5.74, 6) is 1.10. The van der Waals surface area contributed by atoms with Crippen molar-refractivity contribution in [2.24, 2.45) is 0 Å². The van der Waals surface area contributed by atoms with Crippen LogP contribution in [0.4, 0.5) is 5.82 Å². The van der Waals surface area contributed by atoms with E-state index in [1.165, 1.54) is 16.0 Å². The largest absolute Gasteiger partial charge is 0.369 e. The minimum Gasteiger partial charge on any atom is -0.369 e. The van der Waals surface area contributed by atoms with E-state index in [0.717, 1.165) is 30.2 Å². The predicted molar refractivity (Wildman–Crippen MR) is 69.1 cm³/mol. The van der Waals surface area contributed by atoms with Crippen molar-refractivity contribution in [2.45, 2.75) is 19.8 Å². The summed E-state index contributed by atoms with van der Waals surface area (Å²) in [6.45, 7) is 3.22. The SMILES string of the molecule is CCc1ccc(-c2nc3c(s2)CCN3)cc1. The molecule has 0 bridgehead atoms. The maximum Gasteiger partial charge on any atom is 0.141 e. The van der Waals surface area contributed by atoms with Crippen LogP contribution in [0.5, 0.6) is 0 Å². The highest BCUT2D eigenvalue weighted by Crippen LogP contribution is 2.33. The molecule has 2 heterocycles. The summed E-state index contributed by atoms with van der Waals surface area (Å²) in [5.41, 5.74) is 2.62. The summed E-state index contributed by atoms with van der Waals surface area (Å²) < 4.78 is 0. The normalized spacial score (nSPS) is 13.6. The molecule has 82 valence electrons. The first-order valence-electron chi connectivity index (χ1n) is 5.69. The second-order valence-electron chi connectivity index (χ2n) is 4.02. The standard InChI is InChI=1S/C13H14N2S/c1-2-9-3-5-10(6-4-9)13-15-12-11(16-13)7-8-14-12/h3-6,14H,2,7-8H2,1H3. The molecule has 1 aliphatic rings. The van der Waals surface area contributed by atoms with E-state index < -0.39 is 0 Å². The Morgan fingerprint density at radius 2 is 2.12 bits per heavy atom. The van der Waals surface area contributed by atoms with Gasteiger partial charge < -0.3 is 5.32 Å². The van der Waals surface area contributed by atoms with E-state index >= 15 is 0 Å². The lowest BCUT2D eigenvalue weighted by Crippen LogP contribution is -1.93. The Morgan fingerprint density at radius 3 is 2.81 bits per heavy atom. The number of anilines is 1. The van der Waals surface area contributed by atoms with Gasteiger partial charge in [-0.1, -0.05) is 31.2 Å². The van der Waals surface area contributed by atoms with Gasteiger partial charge in [-0.15, -0.1) is 11.3 Å². The molecule has 16 heavy (non-hydrogen) atoms.